The van der Waals surface area contributed by atoms with E-state index in [0.717, 1.165) is 44.6 Å². The molecule has 0 spiro atoms. The quantitative estimate of drug-likeness (QED) is 0.149. The van der Waals surface area contributed by atoms with Gasteiger partial charge in [0.05, 0.1) is 16.7 Å². The van der Waals surface area contributed by atoms with Crippen LogP contribution < -0.4 is 20.1 Å². The zero-order valence-electron chi connectivity index (χ0n) is 28.5. The molecule has 10 heteroatoms. The first-order valence-electron chi connectivity index (χ1n) is 16.0. The van der Waals surface area contributed by atoms with Crippen LogP contribution in [0.3, 0.4) is 0 Å². The van der Waals surface area contributed by atoms with Crippen LogP contribution in [0, 0.1) is 13.8 Å². The number of nitrogens with zero attached hydrogens (tertiary/aromatic N) is 3. The molecule has 0 saturated heterocycles. The van der Waals surface area contributed by atoms with Crippen LogP contribution in [0.2, 0.25) is 0 Å². The van der Waals surface area contributed by atoms with Gasteiger partial charge in [0.2, 0.25) is 11.1 Å². The van der Waals surface area contributed by atoms with Gasteiger partial charge in [-0.05, 0) is 101 Å². The summed E-state index contributed by atoms with van der Waals surface area (Å²) < 4.78 is 15.1. The van der Waals surface area contributed by atoms with Gasteiger partial charge in [0.1, 0.15) is 12.6 Å². The number of carbonyl (C=O) groups is 1. The Morgan fingerprint density at radius 3 is 2.49 bits per heavy atom. The number of aryl methyl sites for hydroxylation is 1. The maximum atomic E-state index is 14.2. The molecule has 0 saturated carbocycles. The first-order chi connectivity index (χ1) is 22.4. The molecule has 4 aromatic rings. The van der Waals surface area contributed by atoms with Gasteiger partial charge in [-0.1, -0.05) is 75.9 Å². The third kappa shape index (κ3) is 7.70. The average Bonchev–Trinajstić information content (AvgIpc) is 3.43. The summed E-state index contributed by atoms with van der Waals surface area (Å²) in [7, 11) is 0. The highest BCUT2D eigenvalue weighted by Gasteiger charge is 2.35. The van der Waals surface area contributed by atoms with Crippen molar-refractivity contribution in [3.63, 3.8) is 0 Å². The Labute approximate surface area is 290 Å². The van der Waals surface area contributed by atoms with Gasteiger partial charge in [-0.3, -0.25) is 4.79 Å². The summed E-state index contributed by atoms with van der Waals surface area (Å²) in [5.74, 6) is 2.44. The summed E-state index contributed by atoms with van der Waals surface area (Å²) in [6, 6.07) is 17.8. The van der Waals surface area contributed by atoms with E-state index in [1.54, 1.807) is 16.4 Å². The standard InChI is InChI=1S/C37H44BrN5O3S/c1-9-18-47-36-41-35-39-24(5)31(34(44)40-29-13-11-12-22(3)23(29)4)32(43(35)42-36)26-19-28(38)33(30(20-26)45-10-2)46-21-25-14-16-27(17-15-25)37(6,7)8/h11-17,19-20,32H,9-10,18,21H2,1-8H3,(H,40,44)(H,39,41,42). The van der Waals surface area contributed by atoms with E-state index in [9.17, 15) is 4.79 Å². The van der Waals surface area contributed by atoms with Crippen molar-refractivity contribution in [2.75, 3.05) is 23.0 Å². The number of nitrogens with one attached hydrogen (secondary N) is 2. The highest BCUT2D eigenvalue weighted by Crippen LogP contribution is 2.44. The monoisotopic (exact) mass is 717 g/mol. The minimum absolute atomic E-state index is 0.0792. The molecular formula is C37H44BrN5O3S. The van der Waals surface area contributed by atoms with Gasteiger partial charge in [0, 0.05) is 17.1 Å². The van der Waals surface area contributed by atoms with Crippen molar-refractivity contribution in [3.8, 4) is 11.5 Å². The highest BCUT2D eigenvalue weighted by molar-refractivity contribution is 9.10. The molecule has 1 atom stereocenters. The Morgan fingerprint density at radius 1 is 1.06 bits per heavy atom. The molecule has 1 amide bonds. The lowest BCUT2D eigenvalue weighted by molar-refractivity contribution is -0.113. The normalized spacial score (nSPS) is 14.4. The van der Waals surface area contributed by atoms with E-state index >= 15 is 0 Å². The molecule has 1 aliphatic rings. The fraction of sp³-hybridized carbons (Fsp3) is 0.378. The molecule has 0 bridgehead atoms. The van der Waals surface area contributed by atoms with Gasteiger partial charge in [0.25, 0.3) is 5.91 Å². The Balaban J connectivity index is 1.54. The molecule has 2 heterocycles. The predicted molar refractivity (Wildman–Crippen MR) is 195 cm³/mol. The zero-order chi connectivity index (χ0) is 33.9. The molecule has 0 radical (unpaired) electrons. The summed E-state index contributed by atoms with van der Waals surface area (Å²) in [6.45, 7) is 17.5. The Kier molecular flexibility index (Phi) is 10.7. The van der Waals surface area contributed by atoms with E-state index < -0.39 is 6.04 Å². The van der Waals surface area contributed by atoms with Crippen LogP contribution in [0.5, 0.6) is 11.5 Å². The summed E-state index contributed by atoms with van der Waals surface area (Å²) in [5.41, 5.74) is 7.37. The van der Waals surface area contributed by atoms with Crippen LogP contribution in [0.25, 0.3) is 0 Å². The maximum absolute atomic E-state index is 14.2. The first kappa shape index (κ1) is 34.6. The number of allylic oxidation sites excluding steroid dienone is 1. The van der Waals surface area contributed by atoms with Crippen LogP contribution in [-0.4, -0.2) is 33.0 Å². The summed E-state index contributed by atoms with van der Waals surface area (Å²) in [5, 5.41) is 12.1. The van der Waals surface area contributed by atoms with Gasteiger partial charge < -0.3 is 20.1 Å². The number of ether oxygens (including phenoxy) is 2. The molecule has 47 heavy (non-hydrogen) atoms. The Morgan fingerprint density at radius 2 is 1.81 bits per heavy atom. The molecule has 1 aliphatic heterocycles. The number of rotatable bonds is 11. The lowest BCUT2D eigenvalue weighted by Gasteiger charge is -2.29. The van der Waals surface area contributed by atoms with E-state index in [4.69, 9.17) is 19.6 Å². The van der Waals surface area contributed by atoms with E-state index in [1.165, 1.54) is 5.56 Å². The summed E-state index contributed by atoms with van der Waals surface area (Å²) in [4.78, 5) is 18.9. The van der Waals surface area contributed by atoms with Crippen LogP contribution in [0.1, 0.15) is 81.8 Å². The number of hydrogen-bond donors (Lipinski definition) is 2. The second-order valence-corrected chi connectivity index (χ2v) is 14.7. The zero-order valence-corrected chi connectivity index (χ0v) is 30.9. The molecule has 2 N–H and O–H groups in total. The van der Waals surface area contributed by atoms with E-state index in [-0.39, 0.29) is 11.3 Å². The number of fused-ring (bicyclic) bond motifs is 1. The number of aromatic nitrogens is 3. The molecule has 0 aliphatic carbocycles. The van der Waals surface area contributed by atoms with Crippen LogP contribution in [-0.2, 0) is 16.8 Å². The second kappa shape index (κ2) is 14.6. The Hall–Kier alpha value is -3.76. The first-order valence-corrected chi connectivity index (χ1v) is 17.8. The van der Waals surface area contributed by atoms with E-state index in [0.29, 0.717) is 47.1 Å². The van der Waals surface area contributed by atoms with Crippen molar-refractivity contribution in [1.29, 1.82) is 0 Å². The van der Waals surface area contributed by atoms with Crippen LogP contribution in [0.4, 0.5) is 11.6 Å². The van der Waals surface area contributed by atoms with Crippen molar-refractivity contribution in [1.82, 2.24) is 14.8 Å². The number of thioether (sulfide) groups is 1. The molecule has 1 aromatic heterocycles. The van der Waals surface area contributed by atoms with Gasteiger partial charge in [-0.25, -0.2) is 4.68 Å². The number of benzene rings is 3. The third-order valence-corrected chi connectivity index (χ3v) is 9.85. The van der Waals surface area contributed by atoms with Gasteiger partial charge in [-0.15, -0.1) is 5.10 Å². The average molecular weight is 719 g/mol. The largest absolute Gasteiger partial charge is 0.490 e. The Bertz CT molecular complexity index is 1790. The van der Waals surface area contributed by atoms with Gasteiger partial charge >= 0.3 is 0 Å². The molecule has 248 valence electrons. The molecule has 0 fully saturated rings. The van der Waals surface area contributed by atoms with Crippen molar-refractivity contribution in [3.05, 3.63) is 98.2 Å². The molecule has 3 aromatic carbocycles. The number of hydrogen-bond acceptors (Lipinski definition) is 7. The van der Waals surface area contributed by atoms with Gasteiger partial charge in [0.15, 0.2) is 11.5 Å². The molecule has 1 unspecified atom stereocenters. The number of carbonyl (C=O) groups excluding carboxylic acids is 1. The van der Waals surface area contributed by atoms with Gasteiger partial charge in [-0.2, -0.15) is 4.98 Å². The topological polar surface area (TPSA) is 90.3 Å². The summed E-state index contributed by atoms with van der Waals surface area (Å²) in [6.07, 6.45) is 0.999. The fourth-order valence-corrected chi connectivity index (χ4v) is 6.73. The fourth-order valence-electron chi connectivity index (χ4n) is 5.47. The molecule has 5 rings (SSSR count). The number of amides is 1. The highest BCUT2D eigenvalue weighted by atomic mass is 79.9. The lowest BCUT2D eigenvalue weighted by atomic mass is 9.87. The predicted octanol–water partition coefficient (Wildman–Crippen LogP) is 9.36. The third-order valence-electron chi connectivity index (χ3n) is 8.22. The lowest BCUT2D eigenvalue weighted by Crippen LogP contribution is -2.31. The van der Waals surface area contributed by atoms with E-state index in [2.05, 4.69) is 78.5 Å². The van der Waals surface area contributed by atoms with Crippen LogP contribution in [0.15, 0.2) is 75.5 Å². The van der Waals surface area contributed by atoms with Crippen LogP contribution >= 0.6 is 27.7 Å². The summed E-state index contributed by atoms with van der Waals surface area (Å²) >= 11 is 5.38. The minimum Gasteiger partial charge on any atom is -0.490 e. The second-order valence-electron chi connectivity index (χ2n) is 12.8. The minimum atomic E-state index is -0.575. The van der Waals surface area contributed by atoms with Crippen molar-refractivity contribution < 1.29 is 14.3 Å². The number of anilines is 2. The smallest absolute Gasteiger partial charge is 0.255 e. The molecular weight excluding hydrogens is 674 g/mol. The van der Waals surface area contributed by atoms with E-state index in [1.807, 2.05) is 58.0 Å². The van der Waals surface area contributed by atoms with Crippen molar-refractivity contribution in [2.24, 2.45) is 0 Å². The SMILES string of the molecule is CCCSc1nc2n(n1)C(c1cc(Br)c(OCc3ccc(C(C)(C)C)cc3)c(OCC)c1)C(C(=O)Nc1cccc(C)c1C)=C(C)N2. The maximum Gasteiger partial charge on any atom is 0.255 e. The van der Waals surface area contributed by atoms with Crippen molar-refractivity contribution >= 4 is 45.2 Å². The molecule has 8 nitrogen and oxygen atoms in total. The van der Waals surface area contributed by atoms with Crippen molar-refractivity contribution in [2.45, 2.75) is 85.0 Å². The number of halogens is 1.